The molecule has 126 valence electrons. The molecule has 2 aromatic carbocycles. The highest BCUT2D eigenvalue weighted by Gasteiger charge is 2.41. The van der Waals surface area contributed by atoms with Gasteiger partial charge in [0.05, 0.1) is 18.7 Å². The largest absolute Gasteiger partial charge is 0.383 e. The molecule has 1 aliphatic rings. The van der Waals surface area contributed by atoms with Crippen molar-refractivity contribution in [2.45, 2.75) is 5.54 Å². The van der Waals surface area contributed by atoms with E-state index in [1.165, 1.54) is 6.33 Å². The molecule has 3 N–H and O–H groups in total. The highest BCUT2D eigenvalue weighted by molar-refractivity contribution is 6.30. The molecule has 2 heterocycles. The molecule has 1 fully saturated rings. The van der Waals surface area contributed by atoms with Gasteiger partial charge in [0.1, 0.15) is 17.7 Å². The fourth-order valence-electron chi connectivity index (χ4n) is 2.89. The number of nitrogens with zero attached hydrogens (tertiary/aromatic N) is 2. The standard InChI is InChI=1S/C18H15ClN4O2/c19-13-4-2-12(3-5-13)18(8-25-9-18)23-17(24)11-1-6-15-14(7-11)16(20)22-10-21-15/h1-7,10H,8-9H2,(H,23,24)(H2,20,21,22). The summed E-state index contributed by atoms with van der Waals surface area (Å²) in [6.45, 7) is 0.832. The molecule has 4 rings (SSSR count). The summed E-state index contributed by atoms with van der Waals surface area (Å²) in [6.07, 6.45) is 1.40. The van der Waals surface area contributed by atoms with Crippen LogP contribution in [0.2, 0.25) is 5.02 Å². The SMILES string of the molecule is Nc1ncnc2ccc(C(=O)NC3(c4ccc(Cl)cc4)COC3)cc12. The Morgan fingerprint density at radius 3 is 2.60 bits per heavy atom. The molecule has 1 aromatic heterocycles. The van der Waals surface area contributed by atoms with E-state index in [1.807, 2.05) is 12.1 Å². The van der Waals surface area contributed by atoms with Crippen LogP contribution in [0, 0.1) is 0 Å². The molecule has 0 radical (unpaired) electrons. The number of nitrogens with one attached hydrogen (secondary N) is 1. The van der Waals surface area contributed by atoms with Crippen LogP contribution in [0.15, 0.2) is 48.8 Å². The molecule has 25 heavy (non-hydrogen) atoms. The summed E-state index contributed by atoms with van der Waals surface area (Å²) in [7, 11) is 0. The van der Waals surface area contributed by atoms with Gasteiger partial charge in [-0.1, -0.05) is 23.7 Å². The Balaban J connectivity index is 1.64. The van der Waals surface area contributed by atoms with Crippen molar-refractivity contribution in [1.82, 2.24) is 15.3 Å². The summed E-state index contributed by atoms with van der Waals surface area (Å²) >= 11 is 5.95. The normalized spacial score (nSPS) is 15.6. The zero-order valence-corrected chi connectivity index (χ0v) is 14.0. The van der Waals surface area contributed by atoms with Crippen LogP contribution in [0.5, 0.6) is 0 Å². The number of hydrogen-bond donors (Lipinski definition) is 2. The second-order valence-electron chi connectivity index (χ2n) is 6.03. The number of benzene rings is 2. The number of aromatic nitrogens is 2. The first-order valence-corrected chi connectivity index (χ1v) is 8.12. The Bertz CT molecular complexity index is 955. The zero-order valence-electron chi connectivity index (χ0n) is 13.2. The molecular weight excluding hydrogens is 340 g/mol. The Morgan fingerprint density at radius 2 is 1.92 bits per heavy atom. The number of anilines is 1. The fraction of sp³-hybridized carbons (Fsp3) is 0.167. The summed E-state index contributed by atoms with van der Waals surface area (Å²) in [5, 5.41) is 4.38. The molecule has 0 unspecified atom stereocenters. The molecule has 0 atom stereocenters. The number of ether oxygens (including phenoxy) is 1. The van der Waals surface area contributed by atoms with Crippen LogP contribution in [-0.2, 0) is 10.3 Å². The number of nitrogen functional groups attached to an aromatic ring is 1. The molecule has 0 saturated carbocycles. The lowest BCUT2D eigenvalue weighted by Gasteiger charge is -2.42. The number of amides is 1. The summed E-state index contributed by atoms with van der Waals surface area (Å²) in [6, 6.07) is 12.6. The van der Waals surface area contributed by atoms with Crippen LogP contribution in [-0.4, -0.2) is 29.1 Å². The Hall–Kier alpha value is -2.70. The van der Waals surface area contributed by atoms with Gasteiger partial charge < -0.3 is 15.8 Å². The molecule has 0 spiro atoms. The quantitative estimate of drug-likeness (QED) is 0.754. The first-order valence-electron chi connectivity index (χ1n) is 7.74. The number of hydrogen-bond acceptors (Lipinski definition) is 5. The summed E-state index contributed by atoms with van der Waals surface area (Å²) in [4.78, 5) is 20.9. The van der Waals surface area contributed by atoms with E-state index in [1.54, 1.807) is 30.3 Å². The van der Waals surface area contributed by atoms with Gasteiger partial charge >= 0.3 is 0 Å². The zero-order chi connectivity index (χ0) is 17.4. The number of halogens is 1. The maximum Gasteiger partial charge on any atom is 0.252 e. The molecule has 3 aromatic rings. The highest BCUT2D eigenvalue weighted by atomic mass is 35.5. The van der Waals surface area contributed by atoms with E-state index in [-0.39, 0.29) is 5.91 Å². The molecule has 0 aliphatic carbocycles. The molecule has 6 nitrogen and oxygen atoms in total. The highest BCUT2D eigenvalue weighted by Crippen LogP contribution is 2.31. The molecule has 1 saturated heterocycles. The van der Waals surface area contributed by atoms with Gasteiger partial charge in [-0.25, -0.2) is 9.97 Å². The fourth-order valence-corrected chi connectivity index (χ4v) is 3.02. The minimum atomic E-state index is -0.546. The predicted octanol–water partition coefficient (Wildman–Crippen LogP) is 2.52. The van der Waals surface area contributed by atoms with Crippen molar-refractivity contribution < 1.29 is 9.53 Å². The van der Waals surface area contributed by atoms with Crippen LogP contribution >= 0.6 is 11.6 Å². The van der Waals surface area contributed by atoms with E-state index in [0.29, 0.717) is 40.5 Å². The number of rotatable bonds is 3. The van der Waals surface area contributed by atoms with Gasteiger partial charge in [-0.15, -0.1) is 0 Å². The number of carbonyl (C=O) groups excluding carboxylic acids is 1. The first-order chi connectivity index (χ1) is 12.1. The van der Waals surface area contributed by atoms with E-state index < -0.39 is 5.54 Å². The van der Waals surface area contributed by atoms with Gasteiger partial charge in [0.25, 0.3) is 5.91 Å². The third kappa shape index (κ3) is 2.79. The van der Waals surface area contributed by atoms with Crippen LogP contribution in [0.4, 0.5) is 5.82 Å². The van der Waals surface area contributed by atoms with E-state index in [0.717, 1.165) is 5.56 Å². The summed E-state index contributed by atoms with van der Waals surface area (Å²) in [5.41, 5.74) is 7.48. The van der Waals surface area contributed by atoms with Crippen LogP contribution in [0.1, 0.15) is 15.9 Å². The van der Waals surface area contributed by atoms with Gasteiger partial charge in [0.15, 0.2) is 0 Å². The first kappa shape index (κ1) is 15.8. The predicted molar refractivity (Wildman–Crippen MR) is 95.4 cm³/mol. The lowest BCUT2D eigenvalue weighted by molar-refractivity contribution is -0.0733. The minimum Gasteiger partial charge on any atom is -0.383 e. The second-order valence-corrected chi connectivity index (χ2v) is 6.46. The lowest BCUT2D eigenvalue weighted by Crippen LogP contribution is -2.59. The third-order valence-electron chi connectivity index (χ3n) is 4.37. The van der Waals surface area contributed by atoms with E-state index >= 15 is 0 Å². The van der Waals surface area contributed by atoms with Crippen LogP contribution < -0.4 is 11.1 Å². The molecule has 1 aliphatic heterocycles. The lowest BCUT2D eigenvalue weighted by atomic mass is 9.87. The van der Waals surface area contributed by atoms with Crippen molar-refractivity contribution >= 4 is 34.2 Å². The van der Waals surface area contributed by atoms with Crippen molar-refractivity contribution in [2.75, 3.05) is 18.9 Å². The van der Waals surface area contributed by atoms with Gasteiger partial charge in [0, 0.05) is 16.0 Å². The van der Waals surface area contributed by atoms with Crippen molar-refractivity contribution in [3.8, 4) is 0 Å². The minimum absolute atomic E-state index is 0.205. The topological polar surface area (TPSA) is 90.1 Å². The molecule has 7 heteroatoms. The molecule has 1 amide bonds. The van der Waals surface area contributed by atoms with Gasteiger partial charge in [-0.2, -0.15) is 0 Å². The molecule has 0 bridgehead atoms. The average molecular weight is 355 g/mol. The second kappa shape index (κ2) is 5.98. The smallest absolute Gasteiger partial charge is 0.252 e. The van der Waals surface area contributed by atoms with Crippen molar-refractivity contribution in [1.29, 1.82) is 0 Å². The Kier molecular flexibility index (Phi) is 3.78. The Labute approximate surface area is 149 Å². The average Bonchev–Trinajstić information content (AvgIpc) is 2.59. The third-order valence-corrected chi connectivity index (χ3v) is 4.63. The van der Waals surface area contributed by atoms with E-state index in [4.69, 9.17) is 22.1 Å². The molecular formula is C18H15ClN4O2. The maximum absolute atomic E-state index is 12.8. The van der Waals surface area contributed by atoms with Crippen molar-refractivity contribution in [2.24, 2.45) is 0 Å². The number of fused-ring (bicyclic) bond motifs is 1. The van der Waals surface area contributed by atoms with E-state index in [2.05, 4.69) is 15.3 Å². The number of nitrogens with two attached hydrogens (primary N) is 1. The Morgan fingerprint density at radius 1 is 1.16 bits per heavy atom. The summed E-state index contributed by atoms with van der Waals surface area (Å²) < 4.78 is 5.36. The van der Waals surface area contributed by atoms with Crippen molar-refractivity contribution in [3.63, 3.8) is 0 Å². The monoisotopic (exact) mass is 354 g/mol. The van der Waals surface area contributed by atoms with Crippen LogP contribution in [0.25, 0.3) is 10.9 Å². The van der Waals surface area contributed by atoms with Gasteiger partial charge in [0.2, 0.25) is 0 Å². The maximum atomic E-state index is 12.8. The number of carbonyl (C=O) groups is 1. The van der Waals surface area contributed by atoms with E-state index in [9.17, 15) is 4.79 Å². The van der Waals surface area contributed by atoms with Gasteiger partial charge in [-0.3, -0.25) is 4.79 Å². The van der Waals surface area contributed by atoms with Gasteiger partial charge in [-0.05, 0) is 35.9 Å². The van der Waals surface area contributed by atoms with Crippen LogP contribution in [0.3, 0.4) is 0 Å². The van der Waals surface area contributed by atoms with Crippen molar-refractivity contribution in [3.05, 3.63) is 64.9 Å². The summed E-state index contributed by atoms with van der Waals surface area (Å²) in [5.74, 6) is 0.141.